The zero-order valence-corrected chi connectivity index (χ0v) is 44.9. The molecule has 0 bridgehead atoms. The number of aromatic nitrogens is 2. The Hall–Kier alpha value is -6.02. The van der Waals surface area contributed by atoms with Crippen molar-refractivity contribution >= 4 is 38.9 Å². The van der Waals surface area contributed by atoms with Crippen LogP contribution in [0.1, 0.15) is 116 Å². The minimum Gasteiger partial charge on any atom is -0.629 e. The number of fused-ring (bicyclic) bond motifs is 1. The van der Waals surface area contributed by atoms with Crippen LogP contribution in [0, 0.1) is 22.4 Å². The number of likely N-dealkylation sites (tertiary alicyclic amines) is 2. The second-order valence-electron chi connectivity index (χ2n) is 22.4. The summed E-state index contributed by atoms with van der Waals surface area (Å²) in [7, 11) is -1.86. The summed E-state index contributed by atoms with van der Waals surface area (Å²) in [6, 6.07) is 23.8. The van der Waals surface area contributed by atoms with Crippen molar-refractivity contribution in [2.45, 2.75) is 107 Å². The van der Waals surface area contributed by atoms with Gasteiger partial charge in [0.25, 0.3) is 21.8 Å². The van der Waals surface area contributed by atoms with Crippen LogP contribution in [0.3, 0.4) is 0 Å². The van der Waals surface area contributed by atoms with Crippen molar-refractivity contribution in [3.05, 3.63) is 136 Å². The Morgan fingerprint density at radius 3 is 2.41 bits per heavy atom. The number of aliphatic hydroxyl groups is 1. The fourth-order valence-electron chi connectivity index (χ4n) is 12.2. The van der Waals surface area contributed by atoms with Crippen LogP contribution in [0.4, 0.5) is 26.0 Å². The number of ether oxygens (including phenoxy) is 2. The molecule has 3 aromatic carbocycles. The molecule has 2 aromatic heterocycles. The third kappa shape index (κ3) is 11.5. The Bertz CT molecular complexity index is 3070. The zero-order valence-electron chi connectivity index (χ0n) is 44.1. The predicted octanol–water partition coefficient (Wildman–Crippen LogP) is 8.48. The summed E-state index contributed by atoms with van der Waals surface area (Å²) in [5.74, 6) is -0.390. The van der Waals surface area contributed by atoms with E-state index in [-0.39, 0.29) is 68.5 Å². The number of nitrogens with one attached hydrogen (secondary N) is 3. The van der Waals surface area contributed by atoms with Gasteiger partial charge in [-0.05, 0) is 122 Å². The van der Waals surface area contributed by atoms with E-state index < -0.39 is 32.4 Å². The molecule has 0 radical (unpaired) electrons. The SMILES string of the molecule is COc1nc2c(cc1Oc1cc(N3CCC4(CC3)CN(C3CCN(Cc5ccc(F)cc5)CC3c3ccccc3C(C)C)C4)ccc1C(=O)NS(=O)(=O)c1cnc(NCC3CCC(C)(O)CC3)c([NH+](C)[O-])c1)C(F)=CC2. The van der Waals surface area contributed by atoms with Gasteiger partial charge in [-0.2, -0.15) is 0 Å². The van der Waals surface area contributed by atoms with Gasteiger partial charge in [0.2, 0.25) is 0 Å². The zero-order chi connectivity index (χ0) is 53.5. The van der Waals surface area contributed by atoms with Gasteiger partial charge >= 0.3 is 0 Å². The fourth-order valence-corrected chi connectivity index (χ4v) is 13.1. The van der Waals surface area contributed by atoms with Gasteiger partial charge in [0, 0.05) is 94.1 Å². The number of pyridine rings is 2. The molecule has 1 saturated carbocycles. The molecule has 5 aromatic rings. The second kappa shape index (κ2) is 21.8. The first-order chi connectivity index (χ1) is 36.4. The number of amides is 1. The second-order valence-corrected chi connectivity index (χ2v) is 24.1. The molecule has 3 unspecified atom stereocenters. The smallest absolute Gasteiger partial charge is 0.268 e. The van der Waals surface area contributed by atoms with Gasteiger partial charge < -0.3 is 35.1 Å². The number of hydrogen-bond donors (Lipinski definition) is 4. The lowest BCUT2D eigenvalue weighted by Gasteiger charge is -2.59. The average molecular weight is 1060 g/mol. The van der Waals surface area contributed by atoms with Crippen LogP contribution >= 0.6 is 0 Å². The monoisotopic (exact) mass is 1060 g/mol. The first-order valence-corrected chi connectivity index (χ1v) is 28.2. The number of rotatable bonds is 16. The van der Waals surface area contributed by atoms with Crippen LogP contribution in [-0.2, 0) is 23.0 Å². The summed E-state index contributed by atoms with van der Waals surface area (Å²) in [6.45, 7) is 13.0. The number of halogens is 2. The maximum absolute atomic E-state index is 15.0. The minimum atomic E-state index is -4.59. The lowest BCUT2D eigenvalue weighted by Crippen LogP contribution is -2.98. The molecule has 10 rings (SSSR count). The Labute approximate surface area is 444 Å². The Kier molecular flexibility index (Phi) is 15.3. The first-order valence-electron chi connectivity index (χ1n) is 26.7. The number of anilines is 2. The Balaban J connectivity index is 0.855. The molecule has 76 heavy (non-hydrogen) atoms. The van der Waals surface area contributed by atoms with Crippen LogP contribution < -0.4 is 29.5 Å². The molecule has 5 heterocycles. The van der Waals surface area contributed by atoms with E-state index in [1.54, 1.807) is 24.3 Å². The van der Waals surface area contributed by atoms with Crippen molar-refractivity contribution < 1.29 is 41.6 Å². The topological polar surface area (TPSA) is 177 Å². The van der Waals surface area contributed by atoms with E-state index in [4.69, 9.17) is 9.47 Å². The molecule has 15 nitrogen and oxygen atoms in total. The van der Waals surface area contributed by atoms with Gasteiger partial charge in [0.05, 0.1) is 37.2 Å². The molecule has 4 fully saturated rings. The van der Waals surface area contributed by atoms with Gasteiger partial charge in [-0.15, -0.1) is 0 Å². The standard InChI is InChI=1S/C58H70F2N8O7S/c1-37(2)43-8-6-7-9-44(43)47-34-66(33-39-10-12-40(59)13-11-39)25-20-50(47)68-35-58(36-68)23-26-67(27-24-58)41-14-15-45(52(28-41)75-53-30-46-48(60)16-17-49(46)63-56(53)74-5)55(69)64-76(72,73)42-29-51(65(4)71)54(62-32-42)61-31-38-18-21-57(3,70)22-19-38/h6-16,28-30,32,37-38,47,50,65,70H,17-27,31,33-36H2,1-5H3,(H,61,62)(H,64,69). The predicted molar refractivity (Wildman–Crippen MR) is 289 cm³/mol. The maximum atomic E-state index is 15.0. The van der Waals surface area contributed by atoms with Crippen molar-refractivity contribution in [2.75, 3.05) is 70.2 Å². The number of carbonyl (C=O) groups excluding carboxylic acids is 1. The molecule has 18 heteroatoms. The van der Waals surface area contributed by atoms with E-state index in [0.29, 0.717) is 43.0 Å². The largest absolute Gasteiger partial charge is 0.629 e. The van der Waals surface area contributed by atoms with Gasteiger partial charge in [-0.25, -0.2) is 31.9 Å². The highest BCUT2D eigenvalue weighted by molar-refractivity contribution is 7.90. The highest BCUT2D eigenvalue weighted by atomic mass is 32.2. The molecule has 5 aliphatic rings. The Morgan fingerprint density at radius 1 is 0.961 bits per heavy atom. The quantitative estimate of drug-likeness (QED) is 0.0693. The van der Waals surface area contributed by atoms with Gasteiger partial charge in [-0.3, -0.25) is 14.6 Å². The molecule has 3 aliphatic heterocycles. The van der Waals surface area contributed by atoms with Gasteiger partial charge in [0.15, 0.2) is 17.3 Å². The lowest BCUT2D eigenvalue weighted by molar-refractivity contribution is -0.751. The molecule has 1 spiro atoms. The summed E-state index contributed by atoms with van der Waals surface area (Å²) < 4.78 is 71.0. The maximum Gasteiger partial charge on any atom is 0.268 e. The normalized spacial score (nSPS) is 23.2. The van der Waals surface area contributed by atoms with Crippen LogP contribution in [0.5, 0.6) is 17.4 Å². The summed E-state index contributed by atoms with van der Waals surface area (Å²) in [5.41, 5.74) is 4.76. The number of hydroxylamine groups is 1. The van der Waals surface area contributed by atoms with Crippen LogP contribution in [-0.4, -0.2) is 111 Å². The van der Waals surface area contributed by atoms with E-state index in [1.165, 1.54) is 49.6 Å². The number of benzene rings is 3. The number of sulfonamides is 1. The van der Waals surface area contributed by atoms with Crippen molar-refractivity contribution in [1.29, 1.82) is 0 Å². The Morgan fingerprint density at radius 2 is 1.70 bits per heavy atom. The van der Waals surface area contributed by atoms with E-state index in [9.17, 15) is 32.3 Å². The number of allylic oxidation sites excluding steroid dienone is 1. The number of hydrogen-bond acceptors (Lipinski definition) is 13. The molecule has 4 N–H and O–H groups in total. The highest BCUT2D eigenvalue weighted by Gasteiger charge is 2.49. The molecule has 1 amide bonds. The van der Waals surface area contributed by atoms with Crippen LogP contribution in [0.2, 0.25) is 0 Å². The average Bonchev–Trinajstić information content (AvgIpc) is 3.78. The molecular formula is C58H70F2N8O7S. The number of carbonyl (C=O) groups is 1. The fraction of sp³-hybridized carbons (Fsp3) is 0.466. The van der Waals surface area contributed by atoms with Gasteiger partial charge in [0.1, 0.15) is 22.3 Å². The van der Waals surface area contributed by atoms with Crippen molar-refractivity contribution in [1.82, 2.24) is 24.5 Å². The van der Waals surface area contributed by atoms with E-state index in [1.807, 2.05) is 19.1 Å². The van der Waals surface area contributed by atoms with E-state index >= 15 is 0 Å². The summed E-state index contributed by atoms with van der Waals surface area (Å²) in [6.07, 6.45) is 8.62. The van der Waals surface area contributed by atoms with Crippen molar-refractivity contribution in [3.8, 4) is 17.4 Å². The molecular weight excluding hydrogens is 991 g/mol. The molecule has 2 aliphatic carbocycles. The first kappa shape index (κ1) is 53.4. The van der Waals surface area contributed by atoms with Gasteiger partial charge in [-0.1, -0.05) is 50.2 Å². The summed E-state index contributed by atoms with van der Waals surface area (Å²) in [4.78, 5) is 30.2. The molecule has 3 saturated heterocycles. The van der Waals surface area contributed by atoms with Crippen LogP contribution in [0.15, 0.2) is 96.0 Å². The number of quaternary nitrogens is 1. The lowest BCUT2D eigenvalue weighted by atomic mass is 9.69. The molecule has 404 valence electrons. The van der Waals surface area contributed by atoms with E-state index in [2.05, 4.69) is 72.8 Å². The number of piperidine rings is 2. The third-order valence-electron chi connectivity index (χ3n) is 16.6. The van der Waals surface area contributed by atoms with Crippen LogP contribution in [0.25, 0.3) is 5.83 Å². The molecule has 3 atom stereocenters. The summed E-state index contributed by atoms with van der Waals surface area (Å²) >= 11 is 0. The third-order valence-corrected chi connectivity index (χ3v) is 17.9. The summed E-state index contributed by atoms with van der Waals surface area (Å²) in [5, 5.41) is 26.0. The van der Waals surface area contributed by atoms with Crippen molar-refractivity contribution in [2.24, 2.45) is 11.3 Å². The number of nitrogens with zero attached hydrogens (tertiary/aromatic N) is 5. The highest BCUT2D eigenvalue weighted by Crippen LogP contribution is 2.47. The number of methoxy groups -OCH3 is 1. The van der Waals surface area contributed by atoms with E-state index in [0.717, 1.165) is 95.4 Å². The van der Waals surface area contributed by atoms with Crippen molar-refractivity contribution in [3.63, 3.8) is 0 Å². The minimum absolute atomic E-state index is 0.00700.